The fraction of sp³-hybridized carbons (Fsp3) is 0.571. The Kier molecular flexibility index (Phi) is 6.67. The van der Waals surface area contributed by atoms with Crippen molar-refractivity contribution in [2.24, 2.45) is 0 Å². The van der Waals surface area contributed by atoms with Crippen LogP contribution in [0.2, 0.25) is 0 Å². The van der Waals surface area contributed by atoms with Crippen molar-refractivity contribution < 1.29 is 22.1 Å². The molecular weight excluding hydrogens is 303 g/mol. The zero-order valence-electron chi connectivity index (χ0n) is 12.2. The molecule has 0 bridgehead atoms. The Hall–Kier alpha value is -1.08. The Balaban J connectivity index is 2.54. The van der Waals surface area contributed by atoms with E-state index in [4.69, 9.17) is 0 Å². The average Bonchev–Trinajstić information content (AvgIpc) is 2.35. The van der Waals surface area contributed by atoms with Gasteiger partial charge >= 0.3 is 6.36 Å². The van der Waals surface area contributed by atoms with Gasteiger partial charge in [-0.15, -0.1) is 13.2 Å². The molecule has 0 radical (unpaired) electrons. The molecule has 3 nitrogen and oxygen atoms in total. The second kappa shape index (κ2) is 7.79. The third-order valence-electron chi connectivity index (χ3n) is 2.99. The van der Waals surface area contributed by atoms with Crippen LogP contribution in [0.25, 0.3) is 0 Å². The third-order valence-corrected chi connectivity index (χ3v) is 3.80. The first-order valence-corrected chi connectivity index (χ1v) is 8.32. The summed E-state index contributed by atoms with van der Waals surface area (Å²) in [6.45, 7) is 3.92. The normalized spacial score (nSPS) is 16.3. The van der Waals surface area contributed by atoms with Crippen molar-refractivity contribution in [1.82, 2.24) is 5.32 Å². The van der Waals surface area contributed by atoms with Crippen LogP contribution >= 0.6 is 0 Å². The maximum absolute atomic E-state index is 12.1. The Morgan fingerprint density at radius 2 is 1.81 bits per heavy atom. The van der Waals surface area contributed by atoms with Gasteiger partial charge in [-0.3, -0.25) is 4.21 Å². The monoisotopic (exact) mass is 323 g/mol. The first-order chi connectivity index (χ1) is 9.67. The highest BCUT2D eigenvalue weighted by atomic mass is 32.2. The van der Waals surface area contributed by atoms with Crippen molar-refractivity contribution >= 4 is 10.8 Å². The van der Waals surface area contributed by atoms with Crippen molar-refractivity contribution in [3.63, 3.8) is 0 Å². The molecule has 1 aromatic carbocycles. The molecule has 0 aliphatic rings. The molecule has 0 heterocycles. The highest BCUT2D eigenvalue weighted by molar-refractivity contribution is 7.84. The maximum Gasteiger partial charge on any atom is 0.573 e. The van der Waals surface area contributed by atoms with Crippen molar-refractivity contribution in [3.05, 3.63) is 29.8 Å². The van der Waals surface area contributed by atoms with Crippen LogP contribution < -0.4 is 10.1 Å². The van der Waals surface area contributed by atoms with Crippen molar-refractivity contribution in [2.45, 2.75) is 38.7 Å². The highest BCUT2D eigenvalue weighted by Crippen LogP contribution is 2.24. The zero-order valence-corrected chi connectivity index (χ0v) is 13.1. The zero-order chi connectivity index (χ0) is 16.0. The molecule has 0 spiro atoms. The van der Waals surface area contributed by atoms with E-state index in [-0.39, 0.29) is 17.8 Å². The lowest BCUT2D eigenvalue weighted by Gasteiger charge is -2.20. The van der Waals surface area contributed by atoms with E-state index in [1.807, 2.05) is 13.8 Å². The molecular formula is C14H20F3NO2S. The number of benzene rings is 1. The van der Waals surface area contributed by atoms with Gasteiger partial charge in [0.2, 0.25) is 0 Å². The summed E-state index contributed by atoms with van der Waals surface area (Å²) in [7, 11) is -0.821. The summed E-state index contributed by atoms with van der Waals surface area (Å²) >= 11 is 0. The molecule has 1 aromatic rings. The summed E-state index contributed by atoms with van der Waals surface area (Å²) in [5.74, 6) is 0.395. The van der Waals surface area contributed by atoms with Gasteiger partial charge in [0.05, 0.1) is 0 Å². The van der Waals surface area contributed by atoms with Gasteiger partial charge in [-0.05, 0) is 38.0 Å². The molecule has 0 saturated carbocycles. The van der Waals surface area contributed by atoms with E-state index in [9.17, 15) is 17.4 Å². The minimum Gasteiger partial charge on any atom is -0.406 e. The lowest BCUT2D eigenvalue weighted by atomic mass is 10.1. The van der Waals surface area contributed by atoms with Crippen LogP contribution in [0.3, 0.4) is 0 Å². The van der Waals surface area contributed by atoms with Gasteiger partial charge in [-0.2, -0.15) is 0 Å². The molecule has 0 aliphatic carbocycles. The van der Waals surface area contributed by atoms with Crippen LogP contribution in [0.4, 0.5) is 13.2 Å². The van der Waals surface area contributed by atoms with Crippen molar-refractivity contribution in [2.75, 3.05) is 12.0 Å². The molecule has 3 unspecified atom stereocenters. The predicted octanol–water partition coefficient (Wildman–Crippen LogP) is 3.39. The lowest BCUT2D eigenvalue weighted by molar-refractivity contribution is -0.274. The number of hydrogen-bond donors (Lipinski definition) is 1. The Bertz CT molecular complexity index is 462. The molecule has 1 rings (SSSR count). The first kappa shape index (κ1) is 18.0. The van der Waals surface area contributed by atoms with E-state index >= 15 is 0 Å². The van der Waals surface area contributed by atoms with Crippen LogP contribution in [-0.2, 0) is 10.8 Å². The van der Waals surface area contributed by atoms with Gasteiger partial charge in [0.15, 0.2) is 0 Å². The quantitative estimate of drug-likeness (QED) is 0.836. The molecule has 0 aromatic heterocycles. The molecule has 0 aliphatic heterocycles. The number of halogens is 3. The molecule has 0 amide bonds. The van der Waals surface area contributed by atoms with Gasteiger partial charge in [-0.25, -0.2) is 0 Å². The predicted molar refractivity (Wildman–Crippen MR) is 77.7 cm³/mol. The largest absolute Gasteiger partial charge is 0.573 e. The fourth-order valence-corrected chi connectivity index (χ4v) is 2.59. The van der Waals surface area contributed by atoms with E-state index in [1.165, 1.54) is 12.1 Å². The number of rotatable bonds is 7. The summed E-state index contributed by atoms with van der Waals surface area (Å²) < 4.78 is 51.1. The van der Waals surface area contributed by atoms with Crippen LogP contribution in [0.5, 0.6) is 5.75 Å². The second-order valence-electron chi connectivity index (χ2n) is 4.97. The van der Waals surface area contributed by atoms with Crippen LogP contribution in [0, 0.1) is 0 Å². The molecule has 1 N–H and O–H groups in total. The maximum atomic E-state index is 12.1. The molecule has 3 atom stereocenters. The summed E-state index contributed by atoms with van der Waals surface area (Å²) in [4.78, 5) is 0. The fourth-order valence-electron chi connectivity index (χ4n) is 1.91. The summed E-state index contributed by atoms with van der Waals surface area (Å²) in [5, 5.41) is 3.32. The second-order valence-corrected chi connectivity index (χ2v) is 6.53. The smallest absolute Gasteiger partial charge is 0.406 e. The van der Waals surface area contributed by atoms with Crippen LogP contribution in [-0.4, -0.2) is 28.6 Å². The van der Waals surface area contributed by atoms with E-state index < -0.39 is 17.2 Å². The lowest BCUT2D eigenvalue weighted by Crippen LogP contribution is -2.30. The van der Waals surface area contributed by atoms with E-state index in [0.717, 1.165) is 12.0 Å². The van der Waals surface area contributed by atoms with Gasteiger partial charge < -0.3 is 10.1 Å². The van der Waals surface area contributed by atoms with E-state index in [1.54, 1.807) is 18.4 Å². The number of ether oxygens (including phenoxy) is 1. The minimum atomic E-state index is -4.67. The van der Waals surface area contributed by atoms with Crippen molar-refractivity contribution in [3.8, 4) is 5.75 Å². The molecule has 0 saturated heterocycles. The summed E-state index contributed by atoms with van der Waals surface area (Å²) in [6.07, 6.45) is -2.23. The summed E-state index contributed by atoms with van der Waals surface area (Å²) in [6, 6.07) is 5.96. The van der Waals surface area contributed by atoms with Crippen LogP contribution in [0.15, 0.2) is 24.3 Å². The van der Waals surface area contributed by atoms with Gasteiger partial charge in [0.25, 0.3) is 0 Å². The molecule has 21 heavy (non-hydrogen) atoms. The van der Waals surface area contributed by atoms with Crippen molar-refractivity contribution in [1.29, 1.82) is 0 Å². The van der Waals surface area contributed by atoms with Crippen LogP contribution in [0.1, 0.15) is 31.9 Å². The minimum absolute atomic E-state index is 0.00905. The van der Waals surface area contributed by atoms with E-state index in [2.05, 4.69) is 10.1 Å². The molecule has 0 fully saturated rings. The Morgan fingerprint density at radius 1 is 1.24 bits per heavy atom. The number of hydrogen-bond acceptors (Lipinski definition) is 3. The van der Waals surface area contributed by atoms with Gasteiger partial charge in [-0.1, -0.05) is 12.1 Å². The number of nitrogens with one attached hydrogen (secondary N) is 1. The van der Waals surface area contributed by atoms with E-state index in [0.29, 0.717) is 5.75 Å². The Labute approximate surface area is 125 Å². The highest BCUT2D eigenvalue weighted by Gasteiger charge is 2.31. The average molecular weight is 323 g/mol. The summed E-state index contributed by atoms with van der Waals surface area (Å²) in [5.41, 5.74) is 0.869. The molecule has 7 heteroatoms. The topological polar surface area (TPSA) is 38.3 Å². The SMILES string of the molecule is CC(CCS(C)=O)NC(C)c1ccc(OC(F)(F)F)cc1. The molecule has 120 valence electrons. The van der Waals surface area contributed by atoms with Gasteiger partial charge in [0, 0.05) is 34.9 Å². The standard InChI is InChI=1S/C14H20F3NO2S/c1-10(8-9-21(3)19)18-11(2)12-4-6-13(7-5-12)20-14(15,16)17/h4-7,10-11,18H,8-9H2,1-3H3. The first-order valence-electron chi connectivity index (χ1n) is 6.59. The third kappa shape index (κ3) is 7.47. The Morgan fingerprint density at radius 3 is 2.29 bits per heavy atom. The van der Waals surface area contributed by atoms with Gasteiger partial charge in [0.1, 0.15) is 5.75 Å². The number of alkyl halides is 3.